The van der Waals surface area contributed by atoms with Crippen molar-refractivity contribution in [2.45, 2.75) is 20.8 Å². The molecule has 0 aliphatic carbocycles. The molecule has 2 amide bonds. The molecule has 1 saturated heterocycles. The number of rotatable bonds is 4. The molecule has 1 aliphatic rings. The van der Waals surface area contributed by atoms with Gasteiger partial charge in [0.15, 0.2) is 5.11 Å². The summed E-state index contributed by atoms with van der Waals surface area (Å²) in [7, 11) is 0. The fraction of sp³-hybridized carbons (Fsp3) is 0.100. The van der Waals surface area contributed by atoms with Crippen molar-refractivity contribution in [3.05, 3.63) is 113 Å². The van der Waals surface area contributed by atoms with E-state index in [0.717, 1.165) is 39.3 Å². The molecule has 36 heavy (non-hydrogen) atoms. The number of nitrogens with zero attached hydrogens (tertiary/aromatic N) is 2. The number of benzene rings is 3. The molecule has 0 spiro atoms. The Morgan fingerprint density at radius 3 is 2.06 bits per heavy atom. The van der Waals surface area contributed by atoms with Gasteiger partial charge in [-0.1, -0.05) is 60.2 Å². The zero-order valence-electron chi connectivity index (χ0n) is 20.3. The van der Waals surface area contributed by atoms with E-state index in [9.17, 15) is 9.59 Å². The van der Waals surface area contributed by atoms with Gasteiger partial charge in [-0.3, -0.25) is 19.8 Å². The highest BCUT2D eigenvalue weighted by Crippen LogP contribution is 2.27. The monoisotopic (exact) mass is 491 g/mol. The molecule has 3 aromatic carbocycles. The molecule has 0 atom stereocenters. The van der Waals surface area contributed by atoms with Gasteiger partial charge >= 0.3 is 0 Å². The van der Waals surface area contributed by atoms with E-state index in [0.29, 0.717) is 5.69 Å². The Labute approximate surface area is 215 Å². The standard InChI is InChI=1S/C30H25N3O2S/c1-19-9-13-26(14-10-19)33-29(35)27(28(34)31-30(33)36)18-24-17-20(2)32(21(24)3)25-15-11-23(12-16-25)22-7-5-4-6-8-22/h4-18H,1-3H3,(H,31,34,36)/b27-18-. The molecule has 0 saturated carbocycles. The van der Waals surface area contributed by atoms with Gasteiger partial charge in [0.05, 0.1) is 5.69 Å². The van der Waals surface area contributed by atoms with E-state index in [4.69, 9.17) is 12.2 Å². The van der Waals surface area contributed by atoms with Crippen LogP contribution in [0.4, 0.5) is 5.69 Å². The van der Waals surface area contributed by atoms with Crippen molar-refractivity contribution in [2.24, 2.45) is 0 Å². The summed E-state index contributed by atoms with van der Waals surface area (Å²) in [6, 6.07) is 28.0. The summed E-state index contributed by atoms with van der Waals surface area (Å²) >= 11 is 5.32. The number of hydrogen-bond acceptors (Lipinski definition) is 3. The zero-order chi connectivity index (χ0) is 25.4. The molecule has 1 aromatic heterocycles. The SMILES string of the molecule is Cc1ccc(N2C(=O)/C(=C\c3cc(C)n(-c4ccc(-c5ccccc5)cc4)c3C)C(=O)NC2=S)cc1. The van der Waals surface area contributed by atoms with Gasteiger partial charge < -0.3 is 4.57 Å². The van der Waals surface area contributed by atoms with Crippen LogP contribution in [-0.4, -0.2) is 21.5 Å². The van der Waals surface area contributed by atoms with Crippen LogP contribution in [0.25, 0.3) is 22.9 Å². The summed E-state index contributed by atoms with van der Waals surface area (Å²) in [5.41, 5.74) is 7.78. The van der Waals surface area contributed by atoms with Crippen molar-refractivity contribution in [1.29, 1.82) is 0 Å². The molecule has 0 bridgehead atoms. The van der Waals surface area contributed by atoms with E-state index in [2.05, 4.69) is 46.3 Å². The Morgan fingerprint density at radius 2 is 1.39 bits per heavy atom. The van der Waals surface area contributed by atoms with E-state index in [1.807, 2.05) is 69.3 Å². The molecule has 6 heteroatoms. The molecular weight excluding hydrogens is 466 g/mol. The van der Waals surface area contributed by atoms with Crippen molar-refractivity contribution in [2.75, 3.05) is 4.90 Å². The first-order chi connectivity index (χ1) is 17.3. The first kappa shape index (κ1) is 23.5. The van der Waals surface area contributed by atoms with Crippen molar-refractivity contribution in [3.8, 4) is 16.8 Å². The fourth-order valence-corrected chi connectivity index (χ4v) is 4.79. The van der Waals surface area contributed by atoms with Crippen LogP contribution >= 0.6 is 12.2 Å². The summed E-state index contributed by atoms with van der Waals surface area (Å²) in [4.78, 5) is 27.5. The van der Waals surface area contributed by atoms with Crippen LogP contribution in [0.5, 0.6) is 0 Å². The number of carbonyl (C=O) groups is 2. The minimum absolute atomic E-state index is 0.0452. The van der Waals surface area contributed by atoms with Crippen LogP contribution in [0.3, 0.4) is 0 Å². The number of anilines is 1. The first-order valence-electron chi connectivity index (χ1n) is 11.7. The minimum atomic E-state index is -0.495. The van der Waals surface area contributed by atoms with Crippen LogP contribution in [0.1, 0.15) is 22.5 Å². The number of aryl methyl sites for hydroxylation is 2. The van der Waals surface area contributed by atoms with Crippen LogP contribution < -0.4 is 10.2 Å². The van der Waals surface area contributed by atoms with Gasteiger partial charge in [0.1, 0.15) is 5.57 Å². The Hall–Kier alpha value is -4.29. The van der Waals surface area contributed by atoms with Crippen molar-refractivity contribution in [1.82, 2.24) is 9.88 Å². The van der Waals surface area contributed by atoms with Gasteiger partial charge in [-0.25, -0.2) is 0 Å². The number of thiocarbonyl (C=S) groups is 1. The van der Waals surface area contributed by atoms with E-state index in [1.165, 1.54) is 4.90 Å². The summed E-state index contributed by atoms with van der Waals surface area (Å²) in [6.07, 6.45) is 1.65. The predicted octanol–water partition coefficient (Wildman–Crippen LogP) is 5.90. The maximum atomic E-state index is 13.4. The van der Waals surface area contributed by atoms with Gasteiger partial charge in [0.2, 0.25) is 0 Å². The van der Waals surface area contributed by atoms with E-state index in [-0.39, 0.29) is 10.7 Å². The first-order valence-corrected chi connectivity index (χ1v) is 12.1. The topological polar surface area (TPSA) is 54.3 Å². The Morgan fingerprint density at radius 1 is 0.778 bits per heavy atom. The molecule has 178 valence electrons. The van der Waals surface area contributed by atoms with Gasteiger partial charge in [0, 0.05) is 17.1 Å². The third-order valence-corrected chi connectivity index (χ3v) is 6.68. The minimum Gasteiger partial charge on any atom is -0.318 e. The quantitative estimate of drug-likeness (QED) is 0.220. The van der Waals surface area contributed by atoms with E-state index >= 15 is 0 Å². The summed E-state index contributed by atoms with van der Waals surface area (Å²) < 4.78 is 2.12. The van der Waals surface area contributed by atoms with Crippen LogP contribution in [0.15, 0.2) is 90.5 Å². The third kappa shape index (κ3) is 4.27. The normalized spacial score (nSPS) is 14.9. The fourth-order valence-electron chi connectivity index (χ4n) is 4.51. The van der Waals surface area contributed by atoms with Crippen LogP contribution in [0, 0.1) is 20.8 Å². The Kier molecular flexibility index (Phi) is 6.12. The van der Waals surface area contributed by atoms with Gasteiger partial charge in [-0.2, -0.15) is 0 Å². The molecule has 0 unspecified atom stereocenters. The molecule has 2 heterocycles. The van der Waals surface area contributed by atoms with Crippen LogP contribution in [-0.2, 0) is 9.59 Å². The summed E-state index contributed by atoms with van der Waals surface area (Å²) in [5.74, 6) is -0.935. The second kappa shape index (κ2) is 9.40. The lowest BCUT2D eigenvalue weighted by Gasteiger charge is -2.29. The lowest BCUT2D eigenvalue weighted by atomic mass is 10.1. The molecule has 1 fully saturated rings. The highest BCUT2D eigenvalue weighted by Gasteiger charge is 2.34. The van der Waals surface area contributed by atoms with Crippen LogP contribution in [0.2, 0.25) is 0 Å². The largest absolute Gasteiger partial charge is 0.318 e. The lowest BCUT2D eigenvalue weighted by molar-refractivity contribution is -0.122. The second-order valence-corrected chi connectivity index (χ2v) is 9.25. The average molecular weight is 492 g/mol. The molecule has 5 nitrogen and oxygen atoms in total. The number of aromatic nitrogens is 1. The van der Waals surface area contributed by atoms with Crippen molar-refractivity contribution < 1.29 is 9.59 Å². The predicted molar refractivity (Wildman–Crippen MR) is 148 cm³/mol. The van der Waals surface area contributed by atoms with Crippen molar-refractivity contribution >= 4 is 40.9 Å². The molecular formula is C30H25N3O2S. The van der Waals surface area contributed by atoms with E-state index in [1.54, 1.807) is 6.08 Å². The number of carbonyl (C=O) groups excluding carboxylic acids is 2. The summed E-state index contributed by atoms with van der Waals surface area (Å²) in [5, 5.41) is 2.74. The Balaban J connectivity index is 1.49. The average Bonchev–Trinajstić information content (AvgIpc) is 3.16. The Bertz CT molecular complexity index is 1520. The maximum absolute atomic E-state index is 13.4. The smallest absolute Gasteiger partial charge is 0.270 e. The highest BCUT2D eigenvalue weighted by atomic mass is 32.1. The number of nitrogens with one attached hydrogen (secondary N) is 1. The second-order valence-electron chi connectivity index (χ2n) is 8.87. The van der Waals surface area contributed by atoms with Gasteiger partial charge in [-0.05, 0) is 86.1 Å². The number of hydrogen-bond donors (Lipinski definition) is 1. The van der Waals surface area contributed by atoms with E-state index < -0.39 is 11.8 Å². The van der Waals surface area contributed by atoms with Crippen molar-refractivity contribution in [3.63, 3.8) is 0 Å². The lowest BCUT2D eigenvalue weighted by Crippen LogP contribution is -2.54. The maximum Gasteiger partial charge on any atom is 0.270 e. The molecule has 5 rings (SSSR count). The molecule has 4 aromatic rings. The molecule has 1 aliphatic heterocycles. The van der Waals surface area contributed by atoms with Gasteiger partial charge in [0.25, 0.3) is 11.8 Å². The summed E-state index contributed by atoms with van der Waals surface area (Å²) in [6.45, 7) is 5.97. The molecule has 0 radical (unpaired) electrons. The highest BCUT2D eigenvalue weighted by molar-refractivity contribution is 7.80. The number of amides is 2. The van der Waals surface area contributed by atoms with Gasteiger partial charge in [-0.15, -0.1) is 0 Å². The third-order valence-electron chi connectivity index (χ3n) is 6.40. The zero-order valence-corrected chi connectivity index (χ0v) is 21.1. The molecule has 1 N–H and O–H groups in total.